The number of aliphatic hydroxyl groups is 2. The van der Waals surface area contributed by atoms with Gasteiger partial charge >= 0.3 is 5.97 Å². The van der Waals surface area contributed by atoms with Crippen LogP contribution < -0.4 is 0 Å². The number of hydrogen-bond acceptors (Lipinski definition) is 5. The summed E-state index contributed by atoms with van der Waals surface area (Å²) in [6.07, 6.45) is 6.56. The number of aliphatic carboxylic acids is 1. The van der Waals surface area contributed by atoms with Gasteiger partial charge in [-0.3, -0.25) is 4.79 Å². The van der Waals surface area contributed by atoms with Gasteiger partial charge in [0.1, 0.15) is 12.7 Å². The largest absolute Gasteiger partial charge is 0.481 e. The third-order valence-corrected chi connectivity index (χ3v) is 6.06. The van der Waals surface area contributed by atoms with Crippen LogP contribution in [0.5, 0.6) is 0 Å². The van der Waals surface area contributed by atoms with Crippen molar-refractivity contribution in [3.05, 3.63) is 0 Å². The average molecular weight is 363 g/mol. The second-order valence-electron chi connectivity index (χ2n) is 7.85. The second-order valence-corrected chi connectivity index (χ2v) is 7.85. The monoisotopic (exact) mass is 363 g/mol. The Morgan fingerprint density at radius 2 is 2.08 bits per heavy atom. The van der Waals surface area contributed by atoms with Crippen LogP contribution in [0.15, 0.2) is 5.16 Å². The normalized spacial score (nSPS) is 33.7. The molecule has 3 aliphatic rings. The van der Waals surface area contributed by atoms with E-state index in [9.17, 15) is 15.0 Å². The molecule has 0 bridgehead atoms. The summed E-state index contributed by atoms with van der Waals surface area (Å²) in [6.45, 7) is 0.298. The lowest BCUT2D eigenvalue weighted by atomic mass is 9.71. The molecule has 144 valence electrons. The molecule has 0 heterocycles. The van der Waals surface area contributed by atoms with E-state index in [-0.39, 0.29) is 30.1 Å². The summed E-state index contributed by atoms with van der Waals surface area (Å²) in [7, 11) is 0. The van der Waals surface area contributed by atoms with Gasteiger partial charge in [-0.25, -0.2) is 0 Å². The SMILES string of the molecule is O=C(O)CCCON=C1CC2C1CC(O)C2C#CC(O)C1CCCCC1. The number of fused-ring (bicyclic) bond motifs is 1. The summed E-state index contributed by atoms with van der Waals surface area (Å²) in [5, 5.41) is 33.3. The lowest BCUT2D eigenvalue weighted by molar-refractivity contribution is -0.137. The third kappa shape index (κ3) is 4.57. The van der Waals surface area contributed by atoms with Crippen LogP contribution in [0, 0.1) is 35.5 Å². The number of carboxylic acids is 1. The molecule has 5 unspecified atom stereocenters. The molecule has 3 saturated carbocycles. The first-order valence-corrected chi connectivity index (χ1v) is 9.84. The van der Waals surface area contributed by atoms with Gasteiger partial charge < -0.3 is 20.2 Å². The topological polar surface area (TPSA) is 99.4 Å². The Morgan fingerprint density at radius 1 is 1.31 bits per heavy atom. The lowest BCUT2D eigenvalue weighted by Crippen LogP contribution is -2.36. The summed E-state index contributed by atoms with van der Waals surface area (Å²) < 4.78 is 0. The van der Waals surface area contributed by atoms with Gasteiger partial charge in [-0.05, 0) is 43.9 Å². The highest BCUT2D eigenvalue weighted by molar-refractivity contribution is 5.93. The fourth-order valence-electron chi connectivity index (χ4n) is 4.48. The molecule has 26 heavy (non-hydrogen) atoms. The van der Waals surface area contributed by atoms with E-state index in [0.717, 1.165) is 25.0 Å². The van der Waals surface area contributed by atoms with Crippen molar-refractivity contribution in [2.75, 3.05) is 6.61 Å². The Balaban J connectivity index is 1.47. The van der Waals surface area contributed by atoms with Crippen molar-refractivity contribution in [1.29, 1.82) is 0 Å². The molecule has 0 radical (unpaired) electrons. The van der Waals surface area contributed by atoms with Crippen LogP contribution in [-0.2, 0) is 9.63 Å². The number of nitrogens with zero attached hydrogens (tertiary/aromatic N) is 1. The number of carboxylic acid groups (broad SMARTS) is 1. The first-order chi connectivity index (χ1) is 12.6. The average Bonchev–Trinajstić information content (AvgIpc) is 2.87. The number of oxime groups is 1. The highest BCUT2D eigenvalue weighted by atomic mass is 16.6. The van der Waals surface area contributed by atoms with Crippen LogP contribution in [0.3, 0.4) is 0 Å². The van der Waals surface area contributed by atoms with Gasteiger partial charge in [0.05, 0.1) is 17.7 Å². The summed E-state index contributed by atoms with van der Waals surface area (Å²) in [5.74, 6) is 6.02. The summed E-state index contributed by atoms with van der Waals surface area (Å²) in [5.41, 5.74) is 0.946. The molecule has 3 aliphatic carbocycles. The highest BCUT2D eigenvalue weighted by Crippen LogP contribution is 2.48. The Kier molecular flexibility index (Phi) is 6.55. The van der Waals surface area contributed by atoms with Gasteiger partial charge in [-0.15, -0.1) is 0 Å². The molecule has 0 aromatic rings. The van der Waals surface area contributed by atoms with Crippen molar-refractivity contribution in [2.24, 2.45) is 28.8 Å². The summed E-state index contributed by atoms with van der Waals surface area (Å²) in [6, 6.07) is 0. The minimum atomic E-state index is -0.833. The van der Waals surface area contributed by atoms with E-state index in [0.29, 0.717) is 19.4 Å². The second kappa shape index (κ2) is 8.88. The molecule has 0 aromatic carbocycles. The van der Waals surface area contributed by atoms with E-state index in [1.807, 2.05) is 0 Å². The van der Waals surface area contributed by atoms with Crippen LogP contribution in [0.25, 0.3) is 0 Å². The lowest BCUT2D eigenvalue weighted by Gasteiger charge is -2.33. The Hall–Kier alpha value is -1.58. The van der Waals surface area contributed by atoms with Gasteiger partial charge in [0, 0.05) is 12.3 Å². The first kappa shape index (κ1) is 19.2. The molecular formula is C20H29NO5. The fourth-order valence-corrected chi connectivity index (χ4v) is 4.48. The maximum Gasteiger partial charge on any atom is 0.303 e. The predicted molar refractivity (Wildman–Crippen MR) is 96.3 cm³/mol. The van der Waals surface area contributed by atoms with Crippen LogP contribution >= 0.6 is 0 Å². The number of hydrogen-bond donors (Lipinski definition) is 3. The maximum atomic E-state index is 10.4. The highest BCUT2D eigenvalue weighted by Gasteiger charge is 2.51. The van der Waals surface area contributed by atoms with Crippen molar-refractivity contribution in [1.82, 2.24) is 0 Å². The van der Waals surface area contributed by atoms with E-state index in [2.05, 4.69) is 17.0 Å². The molecule has 0 aromatic heterocycles. The van der Waals surface area contributed by atoms with Gasteiger partial charge in [-0.1, -0.05) is 36.3 Å². The van der Waals surface area contributed by atoms with Gasteiger partial charge in [0.15, 0.2) is 0 Å². The van der Waals surface area contributed by atoms with E-state index in [1.54, 1.807) is 0 Å². The molecule has 5 atom stereocenters. The van der Waals surface area contributed by atoms with Crippen molar-refractivity contribution in [3.8, 4) is 11.8 Å². The molecule has 0 spiro atoms. The number of aliphatic hydroxyl groups excluding tert-OH is 2. The third-order valence-electron chi connectivity index (χ3n) is 6.06. The van der Waals surface area contributed by atoms with E-state index in [1.165, 1.54) is 19.3 Å². The van der Waals surface area contributed by atoms with E-state index < -0.39 is 18.2 Å². The molecule has 3 fully saturated rings. The Bertz CT molecular complexity index is 587. The Labute approximate surface area is 154 Å². The van der Waals surface area contributed by atoms with Crippen molar-refractivity contribution in [3.63, 3.8) is 0 Å². The van der Waals surface area contributed by atoms with Crippen LogP contribution in [0.2, 0.25) is 0 Å². The molecule has 0 amide bonds. The molecular weight excluding hydrogens is 334 g/mol. The van der Waals surface area contributed by atoms with Gasteiger partial charge in [0.2, 0.25) is 0 Å². The minimum absolute atomic E-state index is 0.0800. The Morgan fingerprint density at radius 3 is 2.81 bits per heavy atom. The number of rotatable bonds is 6. The molecule has 6 heteroatoms. The zero-order chi connectivity index (χ0) is 18.5. The quantitative estimate of drug-likeness (QED) is 0.382. The van der Waals surface area contributed by atoms with Crippen LogP contribution in [-0.4, -0.2) is 45.8 Å². The van der Waals surface area contributed by atoms with Gasteiger partial charge in [0.25, 0.3) is 0 Å². The maximum absolute atomic E-state index is 10.4. The van der Waals surface area contributed by atoms with Crippen LogP contribution in [0.4, 0.5) is 0 Å². The van der Waals surface area contributed by atoms with Crippen molar-refractivity contribution in [2.45, 2.75) is 70.0 Å². The summed E-state index contributed by atoms with van der Waals surface area (Å²) in [4.78, 5) is 15.7. The van der Waals surface area contributed by atoms with E-state index >= 15 is 0 Å². The van der Waals surface area contributed by atoms with Crippen LogP contribution in [0.1, 0.15) is 57.8 Å². The van der Waals surface area contributed by atoms with E-state index in [4.69, 9.17) is 9.94 Å². The zero-order valence-corrected chi connectivity index (χ0v) is 15.1. The standard InChI is InChI=1S/C20H29NO5/c22-18(13-5-2-1-3-6-13)9-8-14-15-11-17(16(15)12-19(14)23)21-26-10-4-7-20(24)25/h13-16,18-19,22-23H,1-7,10-12H2,(H,24,25). The molecule has 0 aliphatic heterocycles. The molecule has 0 saturated heterocycles. The molecule has 3 rings (SSSR count). The molecule has 6 nitrogen and oxygen atoms in total. The summed E-state index contributed by atoms with van der Waals surface area (Å²) >= 11 is 0. The van der Waals surface area contributed by atoms with Crippen molar-refractivity contribution >= 4 is 11.7 Å². The predicted octanol–water partition coefficient (Wildman–Crippen LogP) is 2.19. The smallest absolute Gasteiger partial charge is 0.303 e. The zero-order valence-electron chi connectivity index (χ0n) is 15.1. The molecule has 3 N–H and O–H groups in total. The van der Waals surface area contributed by atoms with Gasteiger partial charge in [-0.2, -0.15) is 0 Å². The first-order valence-electron chi connectivity index (χ1n) is 9.84. The van der Waals surface area contributed by atoms with Crippen molar-refractivity contribution < 1.29 is 25.0 Å². The fraction of sp³-hybridized carbons (Fsp3) is 0.800. The number of carbonyl (C=O) groups is 1. The minimum Gasteiger partial charge on any atom is -0.481 e.